The Hall–Kier alpha value is -1.82. The molecule has 0 saturated carbocycles. The first kappa shape index (κ1) is 15.1. The van der Waals surface area contributed by atoms with Gasteiger partial charge < -0.3 is 19.3 Å². The second kappa shape index (κ2) is 5.76. The lowest BCUT2D eigenvalue weighted by Crippen LogP contribution is -2.57. The Morgan fingerprint density at radius 3 is 2.68 bits per heavy atom. The molecule has 0 atom stereocenters. The van der Waals surface area contributed by atoms with E-state index in [9.17, 15) is 4.79 Å². The number of piperidine rings is 1. The number of ether oxygens (including phenoxy) is 2. The molecule has 1 aromatic heterocycles. The van der Waals surface area contributed by atoms with Crippen molar-refractivity contribution >= 4 is 11.7 Å². The Kier molecular flexibility index (Phi) is 3.95. The van der Waals surface area contributed by atoms with Gasteiger partial charge in [0.2, 0.25) is 5.91 Å². The van der Waals surface area contributed by atoms with E-state index in [-0.39, 0.29) is 18.1 Å². The number of morpholine rings is 1. The molecule has 0 aromatic carbocycles. The summed E-state index contributed by atoms with van der Waals surface area (Å²) in [4.78, 5) is 20.2. The van der Waals surface area contributed by atoms with Gasteiger partial charge in [-0.25, -0.2) is 4.98 Å². The number of likely N-dealkylation sites (N-methyl/N-ethyl adjacent to an activating group) is 1. The lowest BCUT2D eigenvalue weighted by molar-refractivity contribution is -0.164. The molecule has 22 heavy (non-hydrogen) atoms. The van der Waals surface area contributed by atoms with Crippen molar-refractivity contribution < 1.29 is 14.3 Å². The van der Waals surface area contributed by atoms with Crippen LogP contribution >= 0.6 is 0 Å². The minimum atomic E-state index is -0.198. The van der Waals surface area contributed by atoms with Gasteiger partial charge in [0.05, 0.1) is 12.7 Å². The van der Waals surface area contributed by atoms with Crippen LogP contribution in [0.2, 0.25) is 0 Å². The maximum atomic E-state index is 11.6. The van der Waals surface area contributed by atoms with Gasteiger partial charge in [-0.2, -0.15) is 0 Å². The summed E-state index contributed by atoms with van der Waals surface area (Å²) in [7, 11) is 3.52. The van der Waals surface area contributed by atoms with Crippen LogP contribution in [-0.2, 0) is 9.53 Å². The van der Waals surface area contributed by atoms with Crippen LogP contribution in [0, 0.1) is 6.92 Å². The van der Waals surface area contributed by atoms with Crippen LogP contribution < -0.4 is 9.64 Å². The Labute approximate surface area is 131 Å². The number of nitrogens with zero attached hydrogens (tertiary/aromatic N) is 3. The first-order chi connectivity index (χ1) is 10.5. The molecular weight excluding hydrogens is 282 g/mol. The summed E-state index contributed by atoms with van der Waals surface area (Å²) < 4.78 is 11.3. The van der Waals surface area contributed by atoms with Gasteiger partial charge in [-0.1, -0.05) is 0 Å². The van der Waals surface area contributed by atoms with E-state index in [2.05, 4.69) is 9.88 Å². The van der Waals surface area contributed by atoms with E-state index in [1.165, 1.54) is 0 Å². The number of methoxy groups -OCH3 is 1. The van der Waals surface area contributed by atoms with Crippen molar-refractivity contribution in [1.29, 1.82) is 0 Å². The third kappa shape index (κ3) is 2.75. The minimum Gasteiger partial charge on any atom is -0.493 e. The SMILES string of the molecule is COc1ccc(C)nc1N1CCC2(CC1)CN(C)C(=O)CO2. The average Bonchev–Trinajstić information content (AvgIpc) is 2.52. The van der Waals surface area contributed by atoms with E-state index < -0.39 is 0 Å². The lowest BCUT2D eigenvalue weighted by Gasteiger charge is -2.46. The fourth-order valence-corrected chi connectivity index (χ4v) is 3.24. The van der Waals surface area contributed by atoms with Gasteiger partial charge in [0.15, 0.2) is 11.6 Å². The molecule has 6 heteroatoms. The van der Waals surface area contributed by atoms with Gasteiger partial charge in [-0.15, -0.1) is 0 Å². The highest BCUT2D eigenvalue weighted by Gasteiger charge is 2.41. The monoisotopic (exact) mass is 305 g/mol. The zero-order chi connectivity index (χ0) is 15.7. The first-order valence-corrected chi connectivity index (χ1v) is 7.67. The zero-order valence-electron chi connectivity index (χ0n) is 13.5. The molecule has 120 valence electrons. The van der Waals surface area contributed by atoms with Gasteiger partial charge >= 0.3 is 0 Å². The molecule has 2 aliphatic heterocycles. The molecule has 1 amide bonds. The van der Waals surface area contributed by atoms with Crippen LogP contribution in [0.15, 0.2) is 12.1 Å². The Morgan fingerprint density at radius 1 is 1.32 bits per heavy atom. The number of anilines is 1. The fourth-order valence-electron chi connectivity index (χ4n) is 3.24. The molecule has 0 N–H and O–H groups in total. The van der Waals surface area contributed by atoms with Gasteiger partial charge in [0.25, 0.3) is 0 Å². The van der Waals surface area contributed by atoms with Crippen LogP contribution in [0.25, 0.3) is 0 Å². The van der Waals surface area contributed by atoms with Crippen molar-refractivity contribution in [2.45, 2.75) is 25.4 Å². The van der Waals surface area contributed by atoms with Crippen molar-refractivity contribution in [3.63, 3.8) is 0 Å². The van der Waals surface area contributed by atoms with Crippen molar-refractivity contribution in [3.8, 4) is 5.75 Å². The number of amides is 1. The zero-order valence-corrected chi connectivity index (χ0v) is 13.5. The fraction of sp³-hybridized carbons (Fsp3) is 0.625. The maximum Gasteiger partial charge on any atom is 0.248 e. The minimum absolute atomic E-state index is 0.0649. The smallest absolute Gasteiger partial charge is 0.248 e. The third-order valence-electron chi connectivity index (χ3n) is 4.63. The summed E-state index contributed by atoms with van der Waals surface area (Å²) in [5.41, 5.74) is 0.784. The molecule has 2 saturated heterocycles. The maximum absolute atomic E-state index is 11.6. The van der Waals surface area contributed by atoms with E-state index in [0.29, 0.717) is 6.54 Å². The number of carbonyl (C=O) groups excluding carboxylic acids is 1. The van der Waals surface area contributed by atoms with E-state index in [1.54, 1.807) is 12.0 Å². The van der Waals surface area contributed by atoms with E-state index >= 15 is 0 Å². The summed E-state index contributed by atoms with van der Waals surface area (Å²) in [6, 6.07) is 3.92. The molecular formula is C16H23N3O3. The molecule has 2 fully saturated rings. The standard InChI is InChI=1S/C16H23N3O3/c1-12-4-5-13(21-3)15(17-12)19-8-6-16(7-9-19)11-18(2)14(20)10-22-16/h4-5H,6-11H2,1-3H3. The second-order valence-electron chi connectivity index (χ2n) is 6.19. The van der Waals surface area contributed by atoms with Crippen LogP contribution in [0.3, 0.4) is 0 Å². The van der Waals surface area contributed by atoms with Crippen molar-refractivity contribution in [2.75, 3.05) is 45.3 Å². The summed E-state index contributed by atoms with van der Waals surface area (Å²) in [5, 5.41) is 0. The van der Waals surface area contributed by atoms with Gasteiger partial charge in [-0.3, -0.25) is 4.79 Å². The molecule has 1 aromatic rings. The normalized spacial score (nSPS) is 21.3. The topological polar surface area (TPSA) is 54.9 Å². The summed E-state index contributed by atoms with van der Waals surface area (Å²) in [6.07, 6.45) is 1.78. The molecule has 3 heterocycles. The number of pyridine rings is 1. The summed E-state index contributed by atoms with van der Waals surface area (Å²) >= 11 is 0. The largest absolute Gasteiger partial charge is 0.493 e. The van der Waals surface area contributed by atoms with Crippen molar-refractivity contribution in [3.05, 3.63) is 17.8 Å². The Balaban J connectivity index is 1.72. The molecule has 3 rings (SSSR count). The molecule has 0 unspecified atom stereocenters. The molecule has 0 aliphatic carbocycles. The number of aromatic nitrogens is 1. The van der Waals surface area contributed by atoms with Crippen molar-refractivity contribution in [1.82, 2.24) is 9.88 Å². The third-order valence-corrected chi connectivity index (χ3v) is 4.63. The van der Waals surface area contributed by atoms with Gasteiger partial charge in [0, 0.05) is 32.4 Å². The number of hydrogen-bond acceptors (Lipinski definition) is 5. The van der Waals surface area contributed by atoms with Crippen LogP contribution in [0.1, 0.15) is 18.5 Å². The highest BCUT2D eigenvalue weighted by atomic mass is 16.5. The number of aryl methyl sites for hydroxylation is 1. The van der Waals surface area contributed by atoms with Crippen LogP contribution in [-0.4, -0.2) is 61.8 Å². The van der Waals surface area contributed by atoms with E-state index in [1.807, 2.05) is 26.1 Å². The quantitative estimate of drug-likeness (QED) is 0.822. The molecule has 0 bridgehead atoms. The Morgan fingerprint density at radius 2 is 2.05 bits per heavy atom. The molecule has 1 spiro atoms. The highest BCUT2D eigenvalue weighted by molar-refractivity contribution is 5.78. The second-order valence-corrected chi connectivity index (χ2v) is 6.19. The van der Waals surface area contributed by atoms with E-state index in [4.69, 9.17) is 9.47 Å². The summed E-state index contributed by atoms with van der Waals surface area (Å²) in [5.74, 6) is 1.77. The first-order valence-electron chi connectivity index (χ1n) is 7.67. The van der Waals surface area contributed by atoms with E-state index in [0.717, 1.165) is 43.2 Å². The highest BCUT2D eigenvalue weighted by Crippen LogP contribution is 2.34. The van der Waals surface area contributed by atoms with Crippen LogP contribution in [0.4, 0.5) is 5.82 Å². The lowest BCUT2D eigenvalue weighted by atomic mass is 9.89. The predicted molar refractivity (Wildman–Crippen MR) is 83.3 cm³/mol. The van der Waals surface area contributed by atoms with Crippen molar-refractivity contribution in [2.24, 2.45) is 0 Å². The van der Waals surface area contributed by atoms with Gasteiger partial charge in [0.1, 0.15) is 6.61 Å². The molecule has 0 radical (unpaired) electrons. The van der Waals surface area contributed by atoms with Gasteiger partial charge in [-0.05, 0) is 31.9 Å². The molecule has 6 nitrogen and oxygen atoms in total. The number of rotatable bonds is 2. The molecule has 2 aliphatic rings. The predicted octanol–water partition coefficient (Wildman–Crippen LogP) is 1.23. The number of carbonyl (C=O) groups is 1. The average molecular weight is 305 g/mol. The number of hydrogen-bond donors (Lipinski definition) is 0. The Bertz CT molecular complexity index is 568. The van der Waals surface area contributed by atoms with Crippen LogP contribution in [0.5, 0.6) is 5.75 Å². The summed E-state index contributed by atoms with van der Waals surface area (Å²) in [6.45, 7) is 4.57.